The zero-order valence-corrected chi connectivity index (χ0v) is 17.0. The number of nitrogens with zero attached hydrogens (tertiary/aromatic N) is 4. The van der Waals surface area contributed by atoms with Crippen LogP contribution in [0.1, 0.15) is 18.9 Å². The summed E-state index contributed by atoms with van der Waals surface area (Å²) in [4.78, 5) is 29.6. The largest absolute Gasteiger partial charge is 0.396 e. The highest BCUT2D eigenvalue weighted by Crippen LogP contribution is 2.23. The molecular formula is C18H22BrN5O3. The molecule has 144 valence electrons. The van der Waals surface area contributed by atoms with Crippen molar-refractivity contribution in [2.24, 2.45) is 14.1 Å². The predicted octanol–water partition coefficient (Wildman–Crippen LogP) is 1.43. The Hall–Kier alpha value is -2.39. The molecule has 0 radical (unpaired) electrons. The Bertz CT molecular complexity index is 1100. The van der Waals surface area contributed by atoms with E-state index in [2.05, 4.69) is 26.2 Å². The maximum atomic E-state index is 12.8. The number of anilines is 1. The molecule has 0 fully saturated rings. The summed E-state index contributed by atoms with van der Waals surface area (Å²) in [5.41, 5.74) is 0.844. The van der Waals surface area contributed by atoms with Crippen molar-refractivity contribution in [3.05, 3.63) is 55.1 Å². The van der Waals surface area contributed by atoms with Crippen molar-refractivity contribution in [1.82, 2.24) is 18.7 Å². The summed E-state index contributed by atoms with van der Waals surface area (Å²) in [5.74, 6) is 0.486. The first-order valence-corrected chi connectivity index (χ1v) is 9.41. The second kappa shape index (κ2) is 7.69. The molecule has 9 heteroatoms. The number of aromatic nitrogens is 4. The van der Waals surface area contributed by atoms with Crippen molar-refractivity contribution in [3.8, 4) is 0 Å². The number of aliphatic hydroxyl groups is 1. The lowest BCUT2D eigenvalue weighted by atomic mass is 10.2. The van der Waals surface area contributed by atoms with Gasteiger partial charge in [-0.25, -0.2) is 4.79 Å². The average Bonchev–Trinajstić information content (AvgIpc) is 2.98. The van der Waals surface area contributed by atoms with Gasteiger partial charge in [0.25, 0.3) is 5.56 Å². The molecule has 3 rings (SSSR count). The number of halogens is 1. The molecule has 2 heterocycles. The lowest BCUT2D eigenvalue weighted by molar-refractivity contribution is 0.282. The van der Waals surface area contributed by atoms with E-state index in [9.17, 15) is 14.7 Å². The van der Waals surface area contributed by atoms with E-state index in [0.29, 0.717) is 30.1 Å². The summed E-state index contributed by atoms with van der Waals surface area (Å²) >= 11 is 3.54. The number of fused-ring (bicyclic) bond motifs is 1. The van der Waals surface area contributed by atoms with Crippen LogP contribution in [0, 0.1) is 0 Å². The monoisotopic (exact) mass is 435 g/mol. The van der Waals surface area contributed by atoms with Crippen LogP contribution in [0.4, 0.5) is 5.95 Å². The molecule has 0 aliphatic carbocycles. The van der Waals surface area contributed by atoms with Gasteiger partial charge in [0.15, 0.2) is 11.2 Å². The van der Waals surface area contributed by atoms with Gasteiger partial charge in [0.1, 0.15) is 0 Å². The molecule has 0 saturated carbocycles. The molecule has 2 N–H and O–H groups in total. The van der Waals surface area contributed by atoms with Crippen LogP contribution in [-0.2, 0) is 20.6 Å². The Morgan fingerprint density at radius 2 is 1.93 bits per heavy atom. The van der Waals surface area contributed by atoms with Crippen molar-refractivity contribution in [2.75, 3.05) is 11.9 Å². The standard InChI is InChI=1S/C18H22BrN5O3/c1-11(8-9-25)20-17-21-15-14(16(26)23(3)18(27)22(15)2)24(17)10-12-6-4-5-7-13(12)19/h4-7,11,25H,8-10H2,1-3H3,(H,20,21)/t11-/m1/s1. The van der Waals surface area contributed by atoms with Crippen LogP contribution in [0.25, 0.3) is 11.2 Å². The van der Waals surface area contributed by atoms with Crippen LogP contribution >= 0.6 is 15.9 Å². The molecule has 1 atom stereocenters. The first-order valence-electron chi connectivity index (χ1n) is 8.62. The second-order valence-corrected chi connectivity index (χ2v) is 7.40. The molecular weight excluding hydrogens is 414 g/mol. The molecule has 0 saturated heterocycles. The second-order valence-electron chi connectivity index (χ2n) is 6.55. The van der Waals surface area contributed by atoms with E-state index in [-0.39, 0.29) is 12.6 Å². The van der Waals surface area contributed by atoms with Gasteiger partial charge in [0.05, 0.1) is 6.54 Å². The molecule has 0 amide bonds. The van der Waals surface area contributed by atoms with Gasteiger partial charge in [-0.05, 0) is 25.0 Å². The lowest BCUT2D eigenvalue weighted by Crippen LogP contribution is -2.37. The van der Waals surface area contributed by atoms with Crippen molar-refractivity contribution in [1.29, 1.82) is 0 Å². The first-order chi connectivity index (χ1) is 12.8. The predicted molar refractivity (Wildman–Crippen MR) is 108 cm³/mol. The minimum Gasteiger partial charge on any atom is -0.396 e. The zero-order valence-electron chi connectivity index (χ0n) is 15.4. The van der Waals surface area contributed by atoms with Crippen LogP contribution in [0.2, 0.25) is 0 Å². The Morgan fingerprint density at radius 1 is 1.22 bits per heavy atom. The smallest absolute Gasteiger partial charge is 0.332 e. The minimum absolute atomic E-state index is 0.0406. The Morgan fingerprint density at radius 3 is 2.59 bits per heavy atom. The highest BCUT2D eigenvalue weighted by atomic mass is 79.9. The van der Waals surface area contributed by atoms with E-state index in [4.69, 9.17) is 0 Å². The van der Waals surface area contributed by atoms with Gasteiger partial charge in [0, 0.05) is 31.2 Å². The number of aliphatic hydroxyl groups excluding tert-OH is 1. The van der Waals surface area contributed by atoms with Crippen LogP contribution in [0.3, 0.4) is 0 Å². The SMILES string of the molecule is C[C@H](CCO)Nc1nc2c(c(=O)n(C)c(=O)n2C)n1Cc1ccccc1Br. The first kappa shape index (κ1) is 19.4. The van der Waals surface area contributed by atoms with Crippen molar-refractivity contribution in [3.63, 3.8) is 0 Å². The number of nitrogens with one attached hydrogen (secondary N) is 1. The number of imidazole rings is 1. The molecule has 0 spiro atoms. The molecule has 1 aromatic carbocycles. The van der Waals surface area contributed by atoms with Gasteiger partial charge in [0.2, 0.25) is 5.95 Å². The van der Waals surface area contributed by atoms with Crippen LogP contribution in [0.5, 0.6) is 0 Å². The summed E-state index contributed by atoms with van der Waals surface area (Å²) < 4.78 is 5.16. The minimum atomic E-state index is -0.423. The highest BCUT2D eigenvalue weighted by Gasteiger charge is 2.20. The average molecular weight is 436 g/mol. The fourth-order valence-corrected chi connectivity index (χ4v) is 3.40. The van der Waals surface area contributed by atoms with E-state index in [1.54, 1.807) is 11.6 Å². The maximum Gasteiger partial charge on any atom is 0.332 e. The van der Waals surface area contributed by atoms with Gasteiger partial charge < -0.3 is 10.4 Å². The van der Waals surface area contributed by atoms with Crippen LogP contribution in [0.15, 0.2) is 38.3 Å². The van der Waals surface area contributed by atoms with Crippen molar-refractivity contribution >= 4 is 33.0 Å². The molecule has 0 bridgehead atoms. The quantitative estimate of drug-likeness (QED) is 0.610. The molecule has 8 nitrogen and oxygen atoms in total. The molecule has 27 heavy (non-hydrogen) atoms. The van der Waals surface area contributed by atoms with E-state index in [0.717, 1.165) is 14.6 Å². The van der Waals surface area contributed by atoms with Gasteiger partial charge in [-0.1, -0.05) is 34.1 Å². The fraction of sp³-hybridized carbons (Fsp3) is 0.389. The Labute approximate surface area is 164 Å². The number of aryl methyl sites for hydroxylation is 1. The highest BCUT2D eigenvalue weighted by molar-refractivity contribution is 9.10. The third kappa shape index (κ3) is 3.57. The van der Waals surface area contributed by atoms with Crippen molar-refractivity contribution < 1.29 is 5.11 Å². The van der Waals surface area contributed by atoms with Crippen LogP contribution < -0.4 is 16.6 Å². The summed E-state index contributed by atoms with van der Waals surface area (Å²) in [6.45, 7) is 2.37. The summed E-state index contributed by atoms with van der Waals surface area (Å²) in [6.07, 6.45) is 0.537. The Balaban J connectivity index is 2.25. The number of hydrogen-bond acceptors (Lipinski definition) is 5. The summed E-state index contributed by atoms with van der Waals surface area (Å²) in [7, 11) is 3.06. The number of hydrogen-bond donors (Lipinski definition) is 2. The molecule has 2 aromatic heterocycles. The molecule has 0 aliphatic heterocycles. The summed E-state index contributed by atoms with van der Waals surface area (Å²) in [5, 5.41) is 12.4. The van der Waals surface area contributed by atoms with E-state index in [1.807, 2.05) is 31.2 Å². The lowest BCUT2D eigenvalue weighted by Gasteiger charge is -2.16. The number of rotatable bonds is 6. The molecule has 3 aromatic rings. The zero-order chi connectivity index (χ0) is 19.7. The topological polar surface area (TPSA) is 94.1 Å². The summed E-state index contributed by atoms with van der Waals surface area (Å²) in [6, 6.07) is 7.69. The van der Waals surface area contributed by atoms with Crippen LogP contribution in [-0.4, -0.2) is 36.4 Å². The third-order valence-corrected chi connectivity index (χ3v) is 5.35. The Kier molecular flexibility index (Phi) is 5.52. The van der Waals surface area contributed by atoms with Crippen molar-refractivity contribution in [2.45, 2.75) is 25.9 Å². The number of benzene rings is 1. The molecule has 0 aliphatic rings. The molecule has 0 unspecified atom stereocenters. The van der Waals surface area contributed by atoms with Gasteiger partial charge in [-0.3, -0.25) is 18.5 Å². The van der Waals surface area contributed by atoms with E-state index >= 15 is 0 Å². The van der Waals surface area contributed by atoms with E-state index in [1.165, 1.54) is 11.6 Å². The fourth-order valence-electron chi connectivity index (χ4n) is 2.99. The maximum absolute atomic E-state index is 12.8. The van der Waals surface area contributed by atoms with Gasteiger partial charge in [-0.15, -0.1) is 0 Å². The van der Waals surface area contributed by atoms with Gasteiger partial charge in [-0.2, -0.15) is 4.98 Å². The normalized spacial score (nSPS) is 12.5. The van der Waals surface area contributed by atoms with E-state index < -0.39 is 11.2 Å². The third-order valence-electron chi connectivity index (χ3n) is 4.57. The van der Waals surface area contributed by atoms with Gasteiger partial charge >= 0.3 is 5.69 Å².